The molecule has 0 saturated carbocycles. The van der Waals surface area contributed by atoms with Crippen molar-refractivity contribution in [1.29, 1.82) is 0 Å². The molecule has 6 aromatic carbocycles. The summed E-state index contributed by atoms with van der Waals surface area (Å²) in [4.78, 5) is 55.3. The molecule has 0 radical (unpaired) electrons. The van der Waals surface area contributed by atoms with E-state index in [-0.39, 0.29) is 68.7 Å². The van der Waals surface area contributed by atoms with Crippen LogP contribution in [0.3, 0.4) is 0 Å². The van der Waals surface area contributed by atoms with E-state index in [9.17, 15) is 47.7 Å². The number of rotatable bonds is 22. The average Bonchev–Trinajstić information content (AvgIpc) is 3.75. The minimum Gasteiger partial charge on any atom is -0.426 e. The number of carbonyl (C=O) groups is 4. The van der Waals surface area contributed by atoms with Gasteiger partial charge in [-0.05, 0) is 139 Å². The van der Waals surface area contributed by atoms with Gasteiger partial charge in [-0.3, -0.25) is 19.2 Å². The number of halogens is 3. The minimum atomic E-state index is -1.23. The predicted octanol–water partition coefficient (Wildman–Crippen LogP) is 10.8. The van der Waals surface area contributed by atoms with Crippen LogP contribution in [-0.4, -0.2) is 62.3 Å². The maximum atomic E-state index is 14.4. The highest BCUT2D eigenvalue weighted by Gasteiger charge is 2.48. The lowest BCUT2D eigenvalue weighted by Crippen LogP contribution is -2.55. The molecule has 5 atom stereocenters. The van der Waals surface area contributed by atoms with Crippen LogP contribution >= 0.6 is 0 Å². The second-order valence-electron chi connectivity index (χ2n) is 19.0. The van der Waals surface area contributed by atoms with Crippen molar-refractivity contribution in [2.75, 3.05) is 16.8 Å². The molecule has 7 aromatic rings. The molecule has 2 heterocycles. The summed E-state index contributed by atoms with van der Waals surface area (Å²) in [5, 5.41) is 38.7. The van der Waals surface area contributed by atoms with Gasteiger partial charge in [-0.25, -0.2) is 13.2 Å². The minimum absolute atomic E-state index is 0.0883. The van der Waals surface area contributed by atoms with Crippen molar-refractivity contribution in [3.63, 3.8) is 0 Å². The van der Waals surface area contributed by atoms with Crippen LogP contribution in [0.5, 0.6) is 5.75 Å². The van der Waals surface area contributed by atoms with E-state index in [1.165, 1.54) is 60.7 Å². The largest absolute Gasteiger partial charge is 0.426 e. The zero-order valence-electron chi connectivity index (χ0n) is 41.5. The van der Waals surface area contributed by atoms with E-state index in [0.717, 1.165) is 5.56 Å². The Kier molecular flexibility index (Phi) is 17.4. The summed E-state index contributed by atoms with van der Waals surface area (Å²) in [6.07, 6.45) is -3.22. The van der Waals surface area contributed by atoms with Crippen LogP contribution in [0, 0.1) is 23.4 Å². The number of aliphatic hydroxyl groups is 3. The predicted molar refractivity (Wildman–Crippen MR) is 280 cm³/mol. The molecule has 5 N–H and O–H groups in total. The van der Waals surface area contributed by atoms with E-state index in [0.29, 0.717) is 57.0 Å². The topological polar surface area (TPSA) is 170 Å². The number of hydrogen-bond acceptors (Lipinski definition) is 8. The van der Waals surface area contributed by atoms with Crippen LogP contribution in [0.1, 0.15) is 97.6 Å². The number of hydrogen-bond donors (Lipinski definition) is 5. The van der Waals surface area contributed by atoms with Gasteiger partial charge in [-0.2, -0.15) is 0 Å². The molecule has 1 aliphatic rings. The first-order valence-electron chi connectivity index (χ1n) is 25.0. The average molecular weight is 1020 g/mol. The van der Waals surface area contributed by atoms with Gasteiger partial charge in [0.2, 0.25) is 11.8 Å². The molecule has 1 fully saturated rings. The maximum absolute atomic E-state index is 14.4. The Labute approximate surface area is 433 Å². The Morgan fingerprint density at radius 1 is 0.693 bits per heavy atom. The van der Waals surface area contributed by atoms with Crippen molar-refractivity contribution in [3.05, 3.63) is 198 Å². The maximum Gasteiger partial charge on any atom is 0.312 e. The van der Waals surface area contributed by atoms with Crippen LogP contribution in [0.4, 0.5) is 24.5 Å². The number of anilines is 2. The van der Waals surface area contributed by atoms with Crippen LogP contribution in [0.15, 0.2) is 158 Å². The lowest BCUT2D eigenvalue weighted by molar-refractivity contribution is -0.134. The zero-order chi connectivity index (χ0) is 53.2. The third kappa shape index (κ3) is 13.1. The third-order valence-electron chi connectivity index (χ3n) is 13.4. The number of amides is 3. The Hall–Kier alpha value is -7.85. The third-order valence-corrected chi connectivity index (χ3v) is 13.4. The number of β-lactam (4-membered cyclic amide) rings is 1. The summed E-state index contributed by atoms with van der Waals surface area (Å²) >= 11 is 0. The summed E-state index contributed by atoms with van der Waals surface area (Å²) in [5.41, 5.74) is 6.22. The van der Waals surface area contributed by atoms with Crippen LogP contribution < -0.4 is 20.3 Å². The van der Waals surface area contributed by atoms with E-state index in [2.05, 4.69) is 10.6 Å². The van der Waals surface area contributed by atoms with Crippen molar-refractivity contribution < 1.29 is 52.4 Å². The first-order valence-corrected chi connectivity index (χ1v) is 25.0. The molecule has 8 rings (SSSR count). The number of benzene rings is 6. The lowest BCUT2D eigenvalue weighted by atomic mass is 9.78. The molecule has 15 heteroatoms. The zero-order valence-corrected chi connectivity index (χ0v) is 41.5. The summed E-state index contributed by atoms with van der Waals surface area (Å²) in [6.45, 7) is 4.07. The monoisotopic (exact) mass is 1020 g/mol. The van der Waals surface area contributed by atoms with Gasteiger partial charge in [-0.15, -0.1) is 0 Å². The molecule has 0 spiro atoms. The van der Waals surface area contributed by atoms with E-state index in [1.807, 2.05) is 66.9 Å². The molecule has 0 unspecified atom stereocenters. The van der Waals surface area contributed by atoms with Crippen molar-refractivity contribution >= 4 is 35.1 Å². The number of para-hydroxylation sites is 1. The van der Waals surface area contributed by atoms with Gasteiger partial charge in [0.25, 0.3) is 5.91 Å². The summed E-state index contributed by atoms with van der Waals surface area (Å²) in [7, 11) is 0. The van der Waals surface area contributed by atoms with Crippen molar-refractivity contribution in [1.82, 2.24) is 9.88 Å². The van der Waals surface area contributed by atoms with Crippen LogP contribution in [0.25, 0.3) is 22.4 Å². The molecule has 1 saturated heterocycles. The van der Waals surface area contributed by atoms with Gasteiger partial charge >= 0.3 is 5.97 Å². The van der Waals surface area contributed by atoms with E-state index < -0.39 is 59.6 Å². The smallest absolute Gasteiger partial charge is 0.312 e. The van der Waals surface area contributed by atoms with Gasteiger partial charge in [0.1, 0.15) is 23.2 Å². The first kappa shape index (κ1) is 53.4. The Morgan fingerprint density at radius 2 is 1.29 bits per heavy atom. The Morgan fingerprint density at radius 3 is 1.92 bits per heavy atom. The lowest BCUT2D eigenvalue weighted by Gasteiger charge is -2.48. The fourth-order valence-corrected chi connectivity index (χ4v) is 9.80. The highest BCUT2D eigenvalue weighted by atomic mass is 19.1. The number of nitrogens with one attached hydrogen (secondary N) is 2. The van der Waals surface area contributed by atoms with Gasteiger partial charge in [0.15, 0.2) is 0 Å². The van der Waals surface area contributed by atoms with E-state index in [4.69, 9.17) is 4.74 Å². The molecule has 388 valence electrons. The molecule has 1 aromatic heterocycles. The first-order chi connectivity index (χ1) is 36.1. The SMILES string of the molecule is CC(C)c1c(C(=O)Nc2ccccc2)c(-c2ccccc2)c(-c2ccc(F)cc2)n1CC[C@@H](O)C[C@@H](O)CC(=O)NCCC(=O)Oc1ccc([C@@H]2[C@@H](CC[C@H](O)c3ccc(F)cc3)C(=O)N2c2ccc(F)cc2)cc1. The number of ether oxygens (including phenoxy) is 1. The Bertz CT molecular complexity index is 3060. The quantitative estimate of drug-likeness (QED) is 0.0254. The second-order valence-corrected chi connectivity index (χ2v) is 19.0. The normalized spacial score (nSPS) is 15.5. The van der Waals surface area contributed by atoms with Gasteiger partial charge in [0.05, 0.1) is 54.4 Å². The number of carbonyl (C=O) groups excluding carboxylic acids is 4. The van der Waals surface area contributed by atoms with Crippen molar-refractivity contribution in [3.8, 4) is 28.1 Å². The summed E-state index contributed by atoms with van der Waals surface area (Å²) in [6, 6.07) is 41.8. The molecule has 75 heavy (non-hydrogen) atoms. The number of aromatic nitrogens is 1. The standard InChI is InChI=1S/C60H59F3N4O8/c1-37(2)56-55(59(73)65-45-11-7-4-8-12-45)54(39-9-5-3-6-10-39)58(41-15-21-43(62)22-16-41)66(56)34-32-47(68)35-48(69)36-52(71)64-33-31-53(72)75-49-27-17-40(18-28-49)57-50(29-30-51(70)38-13-19-42(61)20-14-38)60(74)67(57)46-25-23-44(63)24-26-46/h3-28,37,47-48,50-51,57,68-70H,29-36H2,1-2H3,(H,64,71)(H,65,73)/t47-,48-,50-,51+,57-/m1/s1. The van der Waals surface area contributed by atoms with E-state index in [1.54, 1.807) is 53.4 Å². The van der Waals surface area contributed by atoms with Crippen LogP contribution in [0.2, 0.25) is 0 Å². The van der Waals surface area contributed by atoms with Crippen molar-refractivity contribution in [2.24, 2.45) is 5.92 Å². The van der Waals surface area contributed by atoms with Crippen LogP contribution in [-0.2, 0) is 20.9 Å². The fraction of sp³-hybridized carbons (Fsp3) is 0.267. The highest BCUT2D eigenvalue weighted by molar-refractivity contribution is 6.12. The molecular formula is C60H59F3N4O8. The second kappa shape index (κ2) is 24.5. The van der Waals surface area contributed by atoms with Gasteiger partial charge in [-0.1, -0.05) is 86.6 Å². The highest BCUT2D eigenvalue weighted by Crippen LogP contribution is 2.47. The molecule has 1 aliphatic heterocycles. The molecular weight excluding hydrogens is 962 g/mol. The van der Waals surface area contributed by atoms with Gasteiger partial charge in [0, 0.05) is 35.7 Å². The number of aliphatic hydroxyl groups excluding tert-OH is 3. The fourth-order valence-electron chi connectivity index (χ4n) is 9.80. The Balaban J connectivity index is 0.862. The van der Waals surface area contributed by atoms with E-state index >= 15 is 0 Å². The molecule has 12 nitrogen and oxygen atoms in total. The number of nitrogens with zero attached hydrogens (tertiary/aromatic N) is 2. The van der Waals surface area contributed by atoms with Crippen molar-refractivity contribution in [2.45, 2.75) is 89.2 Å². The molecule has 3 amide bonds. The summed E-state index contributed by atoms with van der Waals surface area (Å²) < 4.78 is 49.2. The summed E-state index contributed by atoms with van der Waals surface area (Å²) in [5.74, 6) is -3.52. The van der Waals surface area contributed by atoms with Gasteiger partial charge < -0.3 is 40.2 Å². The number of esters is 1. The molecule has 0 bridgehead atoms. The molecule has 0 aliphatic carbocycles.